The SMILES string of the molecule is C[C@H](OC(=O)[C@@H]1CC=CCC1)C(=O)Nc1nc(-c2ccc(F)c(F)c2)cs1. The number of nitrogens with zero attached hydrogens (tertiary/aromatic N) is 1. The molecule has 1 heterocycles. The van der Waals surface area contributed by atoms with Crippen LogP contribution in [0.4, 0.5) is 13.9 Å². The van der Waals surface area contributed by atoms with E-state index in [2.05, 4.69) is 10.3 Å². The number of halogens is 2. The molecule has 3 rings (SSSR count). The van der Waals surface area contributed by atoms with Gasteiger partial charge in [-0.1, -0.05) is 12.2 Å². The van der Waals surface area contributed by atoms with E-state index in [1.54, 1.807) is 5.38 Å². The smallest absolute Gasteiger partial charge is 0.310 e. The van der Waals surface area contributed by atoms with Crippen molar-refractivity contribution >= 4 is 28.3 Å². The summed E-state index contributed by atoms with van der Waals surface area (Å²) in [5.74, 6) is -3.01. The molecule has 0 spiro atoms. The highest BCUT2D eigenvalue weighted by Crippen LogP contribution is 2.26. The second-order valence-electron chi connectivity index (χ2n) is 6.22. The summed E-state index contributed by atoms with van der Waals surface area (Å²) in [6.45, 7) is 1.50. The Hall–Kier alpha value is -2.61. The molecule has 0 aliphatic heterocycles. The molecule has 1 N–H and O–H groups in total. The van der Waals surface area contributed by atoms with Gasteiger partial charge in [0.2, 0.25) is 0 Å². The van der Waals surface area contributed by atoms with E-state index < -0.39 is 23.6 Å². The highest BCUT2D eigenvalue weighted by molar-refractivity contribution is 7.14. The van der Waals surface area contributed by atoms with E-state index in [9.17, 15) is 18.4 Å². The largest absolute Gasteiger partial charge is 0.452 e. The molecule has 142 valence electrons. The van der Waals surface area contributed by atoms with Gasteiger partial charge in [0, 0.05) is 10.9 Å². The molecule has 0 fully saturated rings. The molecule has 1 aromatic heterocycles. The number of carbonyl (C=O) groups is 2. The Kier molecular flexibility index (Phi) is 5.95. The van der Waals surface area contributed by atoms with Crippen molar-refractivity contribution in [3.05, 3.63) is 47.4 Å². The Labute approximate surface area is 159 Å². The molecule has 1 aliphatic rings. The van der Waals surface area contributed by atoms with Crippen LogP contribution in [0.5, 0.6) is 0 Å². The molecule has 0 saturated carbocycles. The first-order valence-electron chi connectivity index (χ1n) is 8.51. The number of rotatable bonds is 5. The maximum atomic E-state index is 13.3. The molecule has 0 saturated heterocycles. The maximum Gasteiger partial charge on any atom is 0.310 e. The van der Waals surface area contributed by atoms with Crippen LogP contribution in [0.3, 0.4) is 0 Å². The zero-order valence-electron chi connectivity index (χ0n) is 14.6. The standard InChI is InChI=1S/C19H18F2N2O3S/c1-11(26-18(25)12-5-3-2-4-6-12)17(24)23-19-22-16(10-27-19)13-7-8-14(20)15(21)9-13/h2-3,7-12H,4-6H2,1H3,(H,22,23,24)/t11-,12+/m0/s1. The van der Waals surface area contributed by atoms with E-state index in [-0.39, 0.29) is 17.0 Å². The van der Waals surface area contributed by atoms with Gasteiger partial charge in [-0.3, -0.25) is 14.9 Å². The van der Waals surface area contributed by atoms with Crippen LogP contribution in [0.2, 0.25) is 0 Å². The molecule has 0 unspecified atom stereocenters. The van der Waals surface area contributed by atoms with Crippen molar-refractivity contribution in [1.29, 1.82) is 0 Å². The van der Waals surface area contributed by atoms with Gasteiger partial charge >= 0.3 is 5.97 Å². The van der Waals surface area contributed by atoms with E-state index >= 15 is 0 Å². The number of anilines is 1. The van der Waals surface area contributed by atoms with Crippen LogP contribution >= 0.6 is 11.3 Å². The lowest BCUT2D eigenvalue weighted by molar-refractivity contribution is -0.157. The summed E-state index contributed by atoms with van der Waals surface area (Å²) in [7, 11) is 0. The van der Waals surface area contributed by atoms with Gasteiger partial charge in [0.25, 0.3) is 5.91 Å². The summed E-state index contributed by atoms with van der Waals surface area (Å²) >= 11 is 1.14. The molecule has 5 nitrogen and oxygen atoms in total. The number of allylic oxidation sites excluding steroid dienone is 2. The van der Waals surface area contributed by atoms with Gasteiger partial charge in [-0.15, -0.1) is 11.3 Å². The Morgan fingerprint density at radius 1 is 1.30 bits per heavy atom. The topological polar surface area (TPSA) is 68.3 Å². The average molecular weight is 392 g/mol. The third-order valence-corrected chi connectivity index (χ3v) is 4.97. The van der Waals surface area contributed by atoms with Gasteiger partial charge in [-0.05, 0) is 44.4 Å². The van der Waals surface area contributed by atoms with Crippen LogP contribution in [0.25, 0.3) is 11.3 Å². The Morgan fingerprint density at radius 2 is 2.11 bits per heavy atom. The lowest BCUT2D eigenvalue weighted by Gasteiger charge is -2.19. The van der Waals surface area contributed by atoms with Gasteiger partial charge in [0.05, 0.1) is 11.6 Å². The number of benzene rings is 1. The molecule has 2 aromatic rings. The second kappa shape index (κ2) is 8.39. The quantitative estimate of drug-likeness (QED) is 0.608. The molecule has 0 radical (unpaired) electrons. The highest BCUT2D eigenvalue weighted by Gasteiger charge is 2.25. The van der Waals surface area contributed by atoms with Gasteiger partial charge in [-0.2, -0.15) is 0 Å². The number of nitrogens with one attached hydrogen (secondary N) is 1. The zero-order chi connectivity index (χ0) is 19.4. The third kappa shape index (κ3) is 4.77. The normalized spacial score (nSPS) is 17.4. The minimum atomic E-state index is -0.968. The summed E-state index contributed by atoms with van der Waals surface area (Å²) in [6.07, 6.45) is 5.17. The molecule has 2 atom stereocenters. The summed E-state index contributed by atoms with van der Waals surface area (Å²) in [5.41, 5.74) is 0.809. The van der Waals surface area contributed by atoms with E-state index in [0.717, 1.165) is 29.9 Å². The van der Waals surface area contributed by atoms with Crippen molar-refractivity contribution < 1.29 is 23.1 Å². The molecule has 1 aliphatic carbocycles. The minimum absolute atomic E-state index is 0.218. The maximum absolute atomic E-state index is 13.3. The van der Waals surface area contributed by atoms with E-state index in [1.807, 2.05) is 12.2 Å². The van der Waals surface area contributed by atoms with Crippen molar-refractivity contribution in [3.63, 3.8) is 0 Å². The number of hydrogen-bond donors (Lipinski definition) is 1. The highest BCUT2D eigenvalue weighted by atomic mass is 32.1. The van der Waals surface area contributed by atoms with Crippen LogP contribution in [-0.4, -0.2) is 23.0 Å². The fraction of sp³-hybridized carbons (Fsp3) is 0.316. The van der Waals surface area contributed by atoms with Crippen LogP contribution in [0.1, 0.15) is 26.2 Å². The first kappa shape index (κ1) is 19.2. The number of ether oxygens (including phenoxy) is 1. The lowest BCUT2D eigenvalue weighted by atomic mass is 9.95. The summed E-state index contributed by atoms with van der Waals surface area (Å²) in [6, 6.07) is 3.46. The Morgan fingerprint density at radius 3 is 2.81 bits per heavy atom. The molecular formula is C19H18F2N2O3S. The monoisotopic (exact) mass is 392 g/mol. The third-order valence-electron chi connectivity index (χ3n) is 4.21. The Balaban J connectivity index is 1.59. The van der Waals surface area contributed by atoms with Crippen LogP contribution in [0.15, 0.2) is 35.7 Å². The van der Waals surface area contributed by atoms with Crippen LogP contribution in [0, 0.1) is 17.6 Å². The predicted octanol–water partition coefficient (Wildman–Crippen LogP) is 4.31. The van der Waals surface area contributed by atoms with Crippen molar-refractivity contribution in [1.82, 2.24) is 4.98 Å². The van der Waals surface area contributed by atoms with Gasteiger partial charge < -0.3 is 4.74 Å². The Bertz CT molecular complexity index is 882. The second-order valence-corrected chi connectivity index (χ2v) is 7.07. The van der Waals surface area contributed by atoms with E-state index in [1.165, 1.54) is 13.0 Å². The molecule has 1 aromatic carbocycles. The molecule has 8 heteroatoms. The number of carbonyl (C=O) groups excluding carboxylic acids is 2. The van der Waals surface area contributed by atoms with Crippen molar-refractivity contribution in [2.45, 2.75) is 32.3 Å². The number of esters is 1. The number of thiazole rings is 1. The first-order valence-corrected chi connectivity index (χ1v) is 9.39. The number of amides is 1. The van der Waals surface area contributed by atoms with E-state index in [4.69, 9.17) is 4.74 Å². The van der Waals surface area contributed by atoms with Crippen molar-refractivity contribution in [2.24, 2.45) is 5.92 Å². The fourth-order valence-electron chi connectivity index (χ4n) is 2.66. The summed E-state index contributed by atoms with van der Waals surface area (Å²) < 4.78 is 31.6. The molecular weight excluding hydrogens is 374 g/mol. The van der Waals surface area contributed by atoms with Crippen molar-refractivity contribution in [2.75, 3.05) is 5.32 Å². The van der Waals surface area contributed by atoms with Crippen molar-refractivity contribution in [3.8, 4) is 11.3 Å². The van der Waals surface area contributed by atoms with Crippen LogP contribution < -0.4 is 5.32 Å². The van der Waals surface area contributed by atoms with Gasteiger partial charge in [-0.25, -0.2) is 13.8 Å². The number of aromatic nitrogens is 1. The van der Waals surface area contributed by atoms with Gasteiger partial charge in [0.15, 0.2) is 22.9 Å². The summed E-state index contributed by atoms with van der Waals surface area (Å²) in [5, 5.41) is 4.47. The minimum Gasteiger partial charge on any atom is -0.452 e. The average Bonchev–Trinajstić information content (AvgIpc) is 3.13. The zero-order valence-corrected chi connectivity index (χ0v) is 15.4. The van der Waals surface area contributed by atoms with E-state index in [0.29, 0.717) is 24.1 Å². The lowest BCUT2D eigenvalue weighted by Crippen LogP contribution is -2.32. The molecule has 1 amide bonds. The number of hydrogen-bond acceptors (Lipinski definition) is 5. The molecule has 0 bridgehead atoms. The first-order chi connectivity index (χ1) is 12.9. The fourth-order valence-corrected chi connectivity index (χ4v) is 3.38. The van der Waals surface area contributed by atoms with Gasteiger partial charge in [0.1, 0.15) is 0 Å². The molecule has 27 heavy (non-hydrogen) atoms. The van der Waals surface area contributed by atoms with Crippen LogP contribution in [-0.2, 0) is 14.3 Å². The summed E-state index contributed by atoms with van der Waals surface area (Å²) in [4.78, 5) is 28.5. The predicted molar refractivity (Wildman–Crippen MR) is 98.1 cm³/mol.